The average Bonchev–Trinajstić information content (AvgIpc) is 2.60. The molecule has 0 heterocycles. The van der Waals surface area contributed by atoms with E-state index in [4.69, 9.17) is 4.74 Å². The Hall–Kier alpha value is -3.15. The number of nitrogens with one attached hydrogen (secondary N) is 1. The van der Waals surface area contributed by atoms with E-state index in [0.717, 1.165) is 16.8 Å². The molecule has 0 bridgehead atoms. The molecule has 0 saturated heterocycles. The summed E-state index contributed by atoms with van der Waals surface area (Å²) in [6.45, 7) is 1.92. The molecule has 6 heteroatoms. The minimum Gasteiger partial charge on any atom is -0.480 e. The summed E-state index contributed by atoms with van der Waals surface area (Å²) in [6, 6.07) is 11.6. The lowest BCUT2D eigenvalue weighted by molar-refractivity contribution is -0.139. The molecule has 2 aromatic carbocycles. The Balaban J connectivity index is 2.05. The van der Waals surface area contributed by atoms with Crippen LogP contribution in [0.5, 0.6) is 0 Å². The van der Waals surface area contributed by atoms with Crippen LogP contribution < -0.4 is 5.32 Å². The monoisotopic (exact) mass is 341 g/mol. The van der Waals surface area contributed by atoms with Crippen LogP contribution in [0, 0.1) is 0 Å². The SMILES string of the molecule is CCOC(=O)/C=C/C[C@H](NC(=O)c1ccc2ccccc2c1)C(=O)O. The summed E-state index contributed by atoms with van der Waals surface area (Å²) in [6.07, 6.45) is 2.51. The molecular weight excluding hydrogens is 322 g/mol. The lowest BCUT2D eigenvalue weighted by Crippen LogP contribution is -2.40. The number of carboxylic acid groups (broad SMARTS) is 1. The van der Waals surface area contributed by atoms with Crippen molar-refractivity contribution in [2.45, 2.75) is 19.4 Å². The molecule has 130 valence electrons. The van der Waals surface area contributed by atoms with Crippen LogP contribution in [0.25, 0.3) is 10.8 Å². The van der Waals surface area contributed by atoms with E-state index in [2.05, 4.69) is 5.32 Å². The Morgan fingerprint density at radius 3 is 2.56 bits per heavy atom. The summed E-state index contributed by atoms with van der Waals surface area (Å²) in [5.74, 6) is -2.21. The molecule has 2 N–H and O–H groups in total. The Labute approximate surface area is 145 Å². The van der Waals surface area contributed by atoms with Crippen molar-refractivity contribution in [3.8, 4) is 0 Å². The standard InChI is InChI=1S/C19H19NO5/c1-2-25-17(21)9-5-8-16(19(23)24)20-18(22)15-11-10-13-6-3-4-7-14(13)12-15/h3-7,9-12,16H,2,8H2,1H3,(H,20,22)(H,23,24)/b9-5+/t16-/m0/s1. The molecule has 0 aliphatic rings. The molecular formula is C19H19NO5. The number of esters is 1. The molecule has 0 spiro atoms. The van der Waals surface area contributed by atoms with Crippen LogP contribution in [0.15, 0.2) is 54.6 Å². The molecule has 6 nitrogen and oxygen atoms in total. The molecule has 0 aromatic heterocycles. The van der Waals surface area contributed by atoms with E-state index in [1.54, 1.807) is 25.1 Å². The molecule has 25 heavy (non-hydrogen) atoms. The summed E-state index contributed by atoms with van der Waals surface area (Å²) >= 11 is 0. The quantitative estimate of drug-likeness (QED) is 0.596. The Morgan fingerprint density at radius 1 is 1.16 bits per heavy atom. The van der Waals surface area contributed by atoms with E-state index in [9.17, 15) is 19.5 Å². The lowest BCUT2D eigenvalue weighted by atomic mass is 10.1. The highest BCUT2D eigenvalue weighted by atomic mass is 16.5. The van der Waals surface area contributed by atoms with Crippen LogP contribution in [0.4, 0.5) is 0 Å². The Kier molecular flexibility index (Phi) is 6.28. The summed E-state index contributed by atoms with van der Waals surface area (Å²) in [5.41, 5.74) is 0.374. The highest BCUT2D eigenvalue weighted by molar-refractivity contribution is 6.00. The van der Waals surface area contributed by atoms with Crippen molar-refractivity contribution in [2.75, 3.05) is 6.61 Å². The molecule has 2 aromatic rings. The second kappa shape index (κ2) is 8.63. The third-order valence-corrected chi connectivity index (χ3v) is 3.53. The predicted octanol–water partition coefficient (Wildman–Crippen LogP) is 2.53. The normalized spacial score (nSPS) is 12.0. The van der Waals surface area contributed by atoms with Crippen molar-refractivity contribution in [1.82, 2.24) is 5.32 Å². The molecule has 0 saturated carbocycles. The van der Waals surface area contributed by atoms with Crippen molar-refractivity contribution in [1.29, 1.82) is 0 Å². The van der Waals surface area contributed by atoms with E-state index in [1.165, 1.54) is 6.08 Å². The van der Waals surface area contributed by atoms with Gasteiger partial charge < -0.3 is 15.2 Å². The summed E-state index contributed by atoms with van der Waals surface area (Å²) < 4.78 is 4.71. The molecule has 0 aliphatic heterocycles. The first-order valence-electron chi connectivity index (χ1n) is 7.87. The van der Waals surface area contributed by atoms with Gasteiger partial charge in [0.05, 0.1) is 6.61 Å². The number of carbonyl (C=O) groups excluding carboxylic acids is 2. The fourth-order valence-corrected chi connectivity index (χ4v) is 2.28. The van der Waals surface area contributed by atoms with Gasteiger partial charge in [0, 0.05) is 11.6 Å². The summed E-state index contributed by atoms with van der Waals surface area (Å²) in [7, 11) is 0. The van der Waals surface area contributed by atoms with Gasteiger partial charge in [0.25, 0.3) is 5.91 Å². The van der Waals surface area contributed by atoms with E-state index < -0.39 is 23.9 Å². The first-order chi connectivity index (χ1) is 12.0. The van der Waals surface area contributed by atoms with Crippen LogP contribution in [0.2, 0.25) is 0 Å². The fraction of sp³-hybridized carbons (Fsp3) is 0.211. The fourth-order valence-electron chi connectivity index (χ4n) is 2.28. The van der Waals surface area contributed by atoms with Crippen LogP contribution in [0.1, 0.15) is 23.7 Å². The highest BCUT2D eigenvalue weighted by Crippen LogP contribution is 2.15. The summed E-state index contributed by atoms with van der Waals surface area (Å²) in [4.78, 5) is 34.8. The molecule has 2 rings (SSSR count). The van der Waals surface area contributed by atoms with E-state index in [-0.39, 0.29) is 13.0 Å². The van der Waals surface area contributed by atoms with E-state index in [0.29, 0.717) is 5.56 Å². The van der Waals surface area contributed by atoms with Gasteiger partial charge in [-0.05, 0) is 36.2 Å². The third kappa shape index (κ3) is 5.17. The number of aliphatic carboxylic acids is 1. The molecule has 0 aliphatic carbocycles. The number of fused-ring (bicyclic) bond motifs is 1. The van der Waals surface area contributed by atoms with Gasteiger partial charge in [-0.15, -0.1) is 0 Å². The van der Waals surface area contributed by atoms with Crippen molar-refractivity contribution >= 4 is 28.6 Å². The van der Waals surface area contributed by atoms with Crippen molar-refractivity contribution < 1.29 is 24.2 Å². The maximum Gasteiger partial charge on any atom is 0.330 e. The smallest absolute Gasteiger partial charge is 0.330 e. The van der Waals surface area contributed by atoms with Crippen LogP contribution in [-0.2, 0) is 14.3 Å². The maximum atomic E-state index is 12.3. The Morgan fingerprint density at radius 2 is 1.88 bits per heavy atom. The molecule has 0 radical (unpaired) electrons. The average molecular weight is 341 g/mol. The van der Waals surface area contributed by atoms with Gasteiger partial charge >= 0.3 is 11.9 Å². The maximum absolute atomic E-state index is 12.3. The van der Waals surface area contributed by atoms with Crippen LogP contribution >= 0.6 is 0 Å². The van der Waals surface area contributed by atoms with Gasteiger partial charge in [-0.3, -0.25) is 4.79 Å². The third-order valence-electron chi connectivity index (χ3n) is 3.53. The molecule has 1 atom stereocenters. The summed E-state index contributed by atoms with van der Waals surface area (Å²) in [5, 5.41) is 13.6. The first kappa shape index (κ1) is 18.2. The zero-order chi connectivity index (χ0) is 18.2. The van der Waals surface area contributed by atoms with Gasteiger partial charge in [-0.1, -0.05) is 36.4 Å². The second-order valence-electron chi connectivity index (χ2n) is 5.32. The van der Waals surface area contributed by atoms with Gasteiger partial charge in [0.15, 0.2) is 0 Å². The number of hydrogen-bond donors (Lipinski definition) is 2. The van der Waals surface area contributed by atoms with Gasteiger partial charge in [0.1, 0.15) is 6.04 Å². The number of benzene rings is 2. The zero-order valence-corrected chi connectivity index (χ0v) is 13.8. The number of rotatable bonds is 7. The number of carbonyl (C=O) groups is 3. The number of hydrogen-bond acceptors (Lipinski definition) is 4. The molecule has 0 fully saturated rings. The van der Waals surface area contributed by atoms with Crippen LogP contribution in [-0.4, -0.2) is 35.6 Å². The number of amides is 1. The predicted molar refractivity (Wildman–Crippen MR) is 93.2 cm³/mol. The highest BCUT2D eigenvalue weighted by Gasteiger charge is 2.19. The lowest BCUT2D eigenvalue weighted by Gasteiger charge is -2.13. The van der Waals surface area contributed by atoms with Crippen molar-refractivity contribution in [3.05, 3.63) is 60.2 Å². The topological polar surface area (TPSA) is 92.7 Å². The van der Waals surface area contributed by atoms with Crippen molar-refractivity contribution in [2.24, 2.45) is 0 Å². The number of carboxylic acids is 1. The molecule has 0 unspecified atom stereocenters. The van der Waals surface area contributed by atoms with Gasteiger partial charge in [-0.25, -0.2) is 9.59 Å². The second-order valence-corrected chi connectivity index (χ2v) is 5.32. The van der Waals surface area contributed by atoms with Gasteiger partial charge in [0.2, 0.25) is 0 Å². The first-order valence-corrected chi connectivity index (χ1v) is 7.87. The zero-order valence-electron chi connectivity index (χ0n) is 13.8. The Bertz CT molecular complexity index is 812. The van der Waals surface area contributed by atoms with Gasteiger partial charge in [-0.2, -0.15) is 0 Å². The van der Waals surface area contributed by atoms with E-state index >= 15 is 0 Å². The van der Waals surface area contributed by atoms with E-state index in [1.807, 2.05) is 24.3 Å². The van der Waals surface area contributed by atoms with Crippen molar-refractivity contribution in [3.63, 3.8) is 0 Å². The number of ether oxygens (including phenoxy) is 1. The largest absolute Gasteiger partial charge is 0.480 e. The van der Waals surface area contributed by atoms with Crippen LogP contribution in [0.3, 0.4) is 0 Å². The molecule has 1 amide bonds. The minimum atomic E-state index is -1.18. The minimum absolute atomic E-state index is 0.0204.